The number of amides is 1. The molecule has 0 N–H and O–H groups in total. The van der Waals surface area contributed by atoms with Crippen molar-refractivity contribution >= 4 is 16.8 Å². The highest BCUT2D eigenvalue weighted by molar-refractivity contribution is 5.92. The molecular weight excluding hydrogens is 302 g/mol. The number of hydrogen-bond acceptors (Lipinski definition) is 4. The first-order valence-corrected chi connectivity index (χ1v) is 8.25. The van der Waals surface area contributed by atoms with E-state index in [4.69, 9.17) is 4.52 Å². The maximum Gasteiger partial charge on any atom is 0.276 e. The number of rotatable bonds is 3. The van der Waals surface area contributed by atoms with Crippen molar-refractivity contribution in [3.63, 3.8) is 0 Å². The molecule has 0 saturated carbocycles. The van der Waals surface area contributed by atoms with E-state index in [0.29, 0.717) is 17.4 Å². The van der Waals surface area contributed by atoms with Gasteiger partial charge in [0.25, 0.3) is 5.91 Å². The Bertz CT molecular complexity index is 887. The maximum absolute atomic E-state index is 12.4. The van der Waals surface area contributed by atoms with Crippen LogP contribution in [-0.2, 0) is 6.42 Å². The van der Waals surface area contributed by atoms with Crippen LogP contribution < -0.4 is 0 Å². The van der Waals surface area contributed by atoms with Crippen LogP contribution in [0.3, 0.4) is 0 Å². The van der Waals surface area contributed by atoms with E-state index in [1.165, 1.54) is 10.9 Å². The summed E-state index contributed by atoms with van der Waals surface area (Å²) < 4.78 is 5.00. The molecule has 122 valence electrons. The lowest BCUT2D eigenvalue weighted by Crippen LogP contribution is -2.29. The molecule has 1 aliphatic rings. The van der Waals surface area contributed by atoms with Crippen LogP contribution in [0.1, 0.15) is 28.2 Å². The van der Waals surface area contributed by atoms with E-state index in [2.05, 4.69) is 22.3 Å². The fourth-order valence-corrected chi connectivity index (χ4v) is 3.37. The lowest BCUT2D eigenvalue weighted by molar-refractivity contribution is 0.0776. The summed E-state index contributed by atoms with van der Waals surface area (Å²) in [5.41, 5.74) is 2.65. The molecule has 1 saturated heterocycles. The van der Waals surface area contributed by atoms with Gasteiger partial charge in [0.2, 0.25) is 0 Å². The van der Waals surface area contributed by atoms with Crippen LogP contribution in [0.25, 0.3) is 10.9 Å². The molecule has 1 fully saturated rings. The number of pyridine rings is 1. The first kappa shape index (κ1) is 14.9. The van der Waals surface area contributed by atoms with E-state index < -0.39 is 0 Å². The zero-order valence-electron chi connectivity index (χ0n) is 13.6. The Morgan fingerprint density at radius 1 is 1.33 bits per heavy atom. The second-order valence-electron chi connectivity index (χ2n) is 6.47. The summed E-state index contributed by atoms with van der Waals surface area (Å²) in [5.74, 6) is 1.09. The quantitative estimate of drug-likeness (QED) is 0.743. The maximum atomic E-state index is 12.4. The number of nitrogens with zero attached hydrogens (tertiary/aromatic N) is 3. The Balaban J connectivity index is 1.43. The van der Waals surface area contributed by atoms with Gasteiger partial charge in [0.05, 0.1) is 5.52 Å². The average molecular weight is 321 g/mol. The molecule has 0 bridgehead atoms. The van der Waals surface area contributed by atoms with Crippen molar-refractivity contribution < 1.29 is 9.32 Å². The molecule has 4 rings (SSSR count). The van der Waals surface area contributed by atoms with Crippen molar-refractivity contribution in [1.29, 1.82) is 0 Å². The zero-order chi connectivity index (χ0) is 16.5. The molecule has 1 aromatic carbocycles. The highest BCUT2D eigenvalue weighted by Gasteiger charge is 2.28. The Kier molecular flexibility index (Phi) is 3.76. The molecule has 1 aliphatic heterocycles. The molecular formula is C19H19N3O2. The van der Waals surface area contributed by atoms with E-state index in [0.717, 1.165) is 31.4 Å². The van der Waals surface area contributed by atoms with Gasteiger partial charge in [-0.25, -0.2) is 0 Å². The molecule has 1 amide bonds. The third-order valence-corrected chi connectivity index (χ3v) is 4.59. The Morgan fingerprint density at radius 3 is 3.04 bits per heavy atom. The number of carbonyl (C=O) groups excluding carboxylic acids is 1. The first-order valence-electron chi connectivity index (χ1n) is 8.25. The van der Waals surface area contributed by atoms with Crippen LogP contribution in [0.4, 0.5) is 0 Å². The minimum Gasteiger partial charge on any atom is -0.361 e. The highest BCUT2D eigenvalue weighted by Crippen LogP contribution is 2.23. The summed E-state index contributed by atoms with van der Waals surface area (Å²) in [7, 11) is 0. The predicted molar refractivity (Wildman–Crippen MR) is 90.7 cm³/mol. The monoisotopic (exact) mass is 321 g/mol. The summed E-state index contributed by atoms with van der Waals surface area (Å²) in [5, 5.41) is 4.99. The van der Waals surface area contributed by atoms with Crippen LogP contribution in [-0.4, -0.2) is 34.0 Å². The second-order valence-corrected chi connectivity index (χ2v) is 6.47. The third kappa shape index (κ3) is 2.89. The molecule has 0 radical (unpaired) electrons. The van der Waals surface area contributed by atoms with Gasteiger partial charge in [-0.15, -0.1) is 0 Å². The molecule has 0 aliphatic carbocycles. The van der Waals surface area contributed by atoms with Crippen LogP contribution in [0.15, 0.2) is 47.1 Å². The standard InChI is InChI=1S/C19H19N3O2/c1-13-8-18(21-24-13)19(23)22-7-6-14(12-22)9-15-10-16-4-2-3-5-17(16)20-11-15/h2-5,8,10-11,14H,6-7,9,12H2,1H3/t14-/m0/s1. The molecule has 1 atom stereocenters. The molecule has 3 aromatic rings. The summed E-state index contributed by atoms with van der Waals surface area (Å²) in [6, 6.07) is 12.0. The van der Waals surface area contributed by atoms with E-state index in [1.807, 2.05) is 29.3 Å². The van der Waals surface area contributed by atoms with Gasteiger partial charge in [-0.2, -0.15) is 0 Å². The molecule has 2 aromatic heterocycles. The van der Waals surface area contributed by atoms with Crippen molar-refractivity contribution in [3.8, 4) is 0 Å². The average Bonchev–Trinajstić information content (AvgIpc) is 3.23. The number of hydrogen-bond donors (Lipinski definition) is 0. The fourth-order valence-electron chi connectivity index (χ4n) is 3.37. The number of aryl methyl sites for hydroxylation is 1. The normalized spacial score (nSPS) is 17.5. The van der Waals surface area contributed by atoms with Crippen molar-refractivity contribution in [2.75, 3.05) is 13.1 Å². The van der Waals surface area contributed by atoms with Crippen molar-refractivity contribution in [2.45, 2.75) is 19.8 Å². The molecule has 0 unspecified atom stereocenters. The van der Waals surface area contributed by atoms with E-state index in [-0.39, 0.29) is 5.91 Å². The first-order chi connectivity index (χ1) is 11.7. The van der Waals surface area contributed by atoms with Crippen LogP contribution >= 0.6 is 0 Å². The largest absolute Gasteiger partial charge is 0.361 e. The lowest BCUT2D eigenvalue weighted by atomic mass is 9.99. The molecule has 24 heavy (non-hydrogen) atoms. The van der Waals surface area contributed by atoms with Gasteiger partial charge in [-0.1, -0.05) is 23.4 Å². The summed E-state index contributed by atoms with van der Waals surface area (Å²) in [6.07, 6.45) is 3.91. The molecule has 0 spiro atoms. The SMILES string of the molecule is Cc1cc(C(=O)N2CC[C@@H](Cc3cnc4ccccc4c3)C2)no1. The van der Waals surface area contributed by atoms with Gasteiger partial charge in [-0.05, 0) is 43.4 Å². The smallest absolute Gasteiger partial charge is 0.276 e. The third-order valence-electron chi connectivity index (χ3n) is 4.59. The predicted octanol–water partition coefficient (Wildman–Crippen LogP) is 3.24. The van der Waals surface area contributed by atoms with E-state index in [1.54, 1.807) is 13.0 Å². The Morgan fingerprint density at radius 2 is 2.21 bits per heavy atom. The summed E-state index contributed by atoms with van der Waals surface area (Å²) >= 11 is 0. The number of para-hydroxylation sites is 1. The minimum absolute atomic E-state index is 0.0361. The lowest BCUT2D eigenvalue weighted by Gasteiger charge is -2.15. The number of aromatic nitrogens is 2. The highest BCUT2D eigenvalue weighted by atomic mass is 16.5. The van der Waals surface area contributed by atoms with Gasteiger partial charge in [0.1, 0.15) is 5.76 Å². The Hall–Kier alpha value is -2.69. The molecule has 5 nitrogen and oxygen atoms in total. The number of likely N-dealkylation sites (tertiary alicyclic amines) is 1. The molecule has 5 heteroatoms. The number of benzene rings is 1. The van der Waals surface area contributed by atoms with Crippen LogP contribution in [0.5, 0.6) is 0 Å². The second kappa shape index (κ2) is 6.07. The van der Waals surface area contributed by atoms with Gasteiger partial charge < -0.3 is 9.42 Å². The van der Waals surface area contributed by atoms with Gasteiger partial charge >= 0.3 is 0 Å². The van der Waals surface area contributed by atoms with Crippen LogP contribution in [0.2, 0.25) is 0 Å². The van der Waals surface area contributed by atoms with Gasteiger partial charge in [0, 0.05) is 30.7 Å². The van der Waals surface area contributed by atoms with E-state index >= 15 is 0 Å². The summed E-state index contributed by atoms with van der Waals surface area (Å²) in [6.45, 7) is 3.33. The zero-order valence-corrected chi connectivity index (χ0v) is 13.6. The van der Waals surface area contributed by atoms with Crippen molar-refractivity contribution in [3.05, 3.63) is 59.6 Å². The number of fused-ring (bicyclic) bond motifs is 1. The van der Waals surface area contributed by atoms with Crippen molar-refractivity contribution in [1.82, 2.24) is 15.0 Å². The topological polar surface area (TPSA) is 59.2 Å². The minimum atomic E-state index is -0.0361. The summed E-state index contributed by atoms with van der Waals surface area (Å²) in [4.78, 5) is 18.8. The fraction of sp³-hybridized carbons (Fsp3) is 0.316. The van der Waals surface area contributed by atoms with Gasteiger partial charge in [0.15, 0.2) is 5.69 Å². The van der Waals surface area contributed by atoms with Crippen molar-refractivity contribution in [2.24, 2.45) is 5.92 Å². The number of carbonyl (C=O) groups is 1. The molecule has 3 heterocycles. The Labute approximate surface area is 140 Å². The van der Waals surface area contributed by atoms with E-state index in [9.17, 15) is 4.79 Å². The van der Waals surface area contributed by atoms with Crippen LogP contribution in [0, 0.1) is 12.8 Å². The van der Waals surface area contributed by atoms with Gasteiger partial charge in [-0.3, -0.25) is 9.78 Å².